The molecule has 5 rings (SSSR count). The molecule has 1 aromatic heterocycles. The fourth-order valence-corrected chi connectivity index (χ4v) is 5.97. The first-order chi connectivity index (χ1) is 13.9. The highest BCUT2D eigenvalue weighted by molar-refractivity contribution is 7.90. The molecular weight excluding hydrogens is 387 g/mol. The van der Waals surface area contributed by atoms with E-state index in [1.54, 1.807) is 36.5 Å². The molecule has 3 heterocycles. The lowest BCUT2D eigenvalue weighted by Crippen LogP contribution is -2.32. The van der Waals surface area contributed by atoms with Gasteiger partial charge in [-0.1, -0.05) is 23.8 Å². The van der Waals surface area contributed by atoms with Crippen LogP contribution in [0.15, 0.2) is 59.6 Å². The number of hydrogen-bond donors (Lipinski definition) is 0. The van der Waals surface area contributed by atoms with Gasteiger partial charge in [0.1, 0.15) is 5.82 Å². The van der Waals surface area contributed by atoms with Crippen LogP contribution in [0.5, 0.6) is 0 Å². The maximum Gasteiger partial charge on any atom is 0.268 e. The predicted molar refractivity (Wildman–Crippen MR) is 113 cm³/mol. The summed E-state index contributed by atoms with van der Waals surface area (Å²) in [4.78, 5) is 2.70. The second-order valence-electron chi connectivity index (χ2n) is 8.04. The van der Waals surface area contributed by atoms with Crippen LogP contribution in [-0.4, -0.2) is 36.4 Å². The first-order valence-corrected chi connectivity index (χ1v) is 11.4. The number of nitrogens with zero attached hydrogens (tertiary/aromatic N) is 2. The van der Waals surface area contributed by atoms with Gasteiger partial charge >= 0.3 is 0 Å². The Kier molecular flexibility index (Phi) is 4.37. The van der Waals surface area contributed by atoms with Crippen LogP contribution in [0.3, 0.4) is 0 Å². The van der Waals surface area contributed by atoms with Crippen molar-refractivity contribution in [1.82, 2.24) is 8.87 Å². The van der Waals surface area contributed by atoms with Crippen LogP contribution in [0.2, 0.25) is 0 Å². The molecule has 2 aliphatic heterocycles. The van der Waals surface area contributed by atoms with Gasteiger partial charge in [0.05, 0.1) is 10.4 Å². The molecule has 1 fully saturated rings. The standard InChI is InChI=1S/C23H23FN2O2S/c1-16-4-7-20(8-5-16)29(27,28)26-15-22(21-14-18(24)6-9-23(21)26)17-10-12-25-11-2-3-19(25)13-17/h4-10,14-15,19H,2-3,11-13H2,1H3/t19-/m1/s1. The van der Waals surface area contributed by atoms with Crippen molar-refractivity contribution in [2.45, 2.75) is 37.1 Å². The first-order valence-electron chi connectivity index (χ1n) is 10.00. The summed E-state index contributed by atoms with van der Waals surface area (Å²) in [5, 5.41) is 0.651. The van der Waals surface area contributed by atoms with Gasteiger partial charge < -0.3 is 0 Å². The average molecular weight is 411 g/mol. The fourth-order valence-electron chi connectivity index (χ4n) is 4.60. The Bertz CT molecular complexity index is 1230. The molecule has 2 aliphatic rings. The molecule has 0 N–H and O–H groups in total. The highest BCUT2D eigenvalue weighted by Crippen LogP contribution is 2.37. The number of aryl methyl sites for hydroxylation is 1. The number of halogens is 1. The van der Waals surface area contributed by atoms with Gasteiger partial charge in [0, 0.05) is 29.7 Å². The van der Waals surface area contributed by atoms with Crippen LogP contribution in [0.25, 0.3) is 16.5 Å². The minimum Gasteiger partial charge on any atom is -0.296 e. The van der Waals surface area contributed by atoms with Gasteiger partial charge in [-0.25, -0.2) is 16.8 Å². The zero-order valence-electron chi connectivity index (χ0n) is 16.3. The summed E-state index contributed by atoms with van der Waals surface area (Å²) < 4.78 is 42.1. The van der Waals surface area contributed by atoms with Gasteiger partial charge in [-0.05, 0) is 68.6 Å². The zero-order valence-corrected chi connectivity index (χ0v) is 17.1. The largest absolute Gasteiger partial charge is 0.296 e. The van der Waals surface area contributed by atoms with Gasteiger partial charge in [0.2, 0.25) is 0 Å². The lowest BCUT2D eigenvalue weighted by molar-refractivity contribution is 0.275. The summed E-state index contributed by atoms with van der Waals surface area (Å²) in [5.41, 5.74) is 3.44. The van der Waals surface area contributed by atoms with Crippen LogP contribution < -0.4 is 0 Å². The van der Waals surface area contributed by atoms with E-state index in [1.165, 1.54) is 22.5 Å². The minimum absolute atomic E-state index is 0.232. The Morgan fingerprint density at radius 2 is 1.90 bits per heavy atom. The molecule has 0 bridgehead atoms. The molecule has 29 heavy (non-hydrogen) atoms. The zero-order chi connectivity index (χ0) is 20.2. The van der Waals surface area contributed by atoms with Gasteiger partial charge in [0.15, 0.2) is 0 Å². The number of aromatic nitrogens is 1. The molecule has 0 aliphatic carbocycles. The topological polar surface area (TPSA) is 42.3 Å². The number of hydrogen-bond acceptors (Lipinski definition) is 3. The van der Waals surface area contributed by atoms with Crippen LogP contribution >= 0.6 is 0 Å². The normalized spacial score (nSPS) is 20.1. The molecule has 0 saturated carbocycles. The fraction of sp³-hybridized carbons (Fsp3) is 0.304. The Labute approximate surface area is 170 Å². The molecule has 3 aromatic rings. The van der Waals surface area contributed by atoms with E-state index in [9.17, 15) is 12.8 Å². The van der Waals surface area contributed by atoms with Crippen LogP contribution in [0.1, 0.15) is 30.4 Å². The second kappa shape index (κ2) is 6.82. The molecular formula is C23H23FN2O2S. The maximum absolute atomic E-state index is 14.1. The summed E-state index contributed by atoms with van der Waals surface area (Å²) in [6, 6.07) is 11.6. The summed E-state index contributed by atoms with van der Waals surface area (Å²) in [6.45, 7) is 3.91. The van der Waals surface area contributed by atoms with E-state index in [2.05, 4.69) is 11.0 Å². The molecule has 1 saturated heterocycles. The highest BCUT2D eigenvalue weighted by Gasteiger charge is 2.30. The summed E-state index contributed by atoms with van der Waals surface area (Å²) >= 11 is 0. The first kappa shape index (κ1) is 18.6. The average Bonchev–Trinajstić information content (AvgIpc) is 3.32. The Hall–Kier alpha value is -2.44. The van der Waals surface area contributed by atoms with Crippen molar-refractivity contribution < 1.29 is 12.8 Å². The monoisotopic (exact) mass is 410 g/mol. The van der Waals surface area contributed by atoms with E-state index >= 15 is 0 Å². The molecule has 4 nitrogen and oxygen atoms in total. The highest BCUT2D eigenvalue weighted by atomic mass is 32.2. The second-order valence-corrected chi connectivity index (χ2v) is 9.86. The van der Waals surface area contributed by atoms with Crippen molar-refractivity contribution in [3.8, 4) is 0 Å². The minimum atomic E-state index is -3.77. The maximum atomic E-state index is 14.1. The van der Waals surface area contributed by atoms with Gasteiger partial charge in [0.25, 0.3) is 10.0 Å². The lowest BCUT2D eigenvalue weighted by Gasteiger charge is -2.29. The van der Waals surface area contributed by atoms with Gasteiger partial charge in [-0.2, -0.15) is 0 Å². The van der Waals surface area contributed by atoms with E-state index in [0.717, 1.165) is 42.6 Å². The molecule has 2 aromatic carbocycles. The molecule has 6 heteroatoms. The van der Waals surface area contributed by atoms with Crippen molar-refractivity contribution in [3.63, 3.8) is 0 Å². The Balaban J connectivity index is 1.67. The summed E-state index contributed by atoms with van der Waals surface area (Å²) in [6.07, 6.45) is 7.08. The van der Waals surface area contributed by atoms with Crippen LogP contribution in [0, 0.1) is 12.7 Å². The van der Waals surface area contributed by atoms with Gasteiger partial charge in [-0.15, -0.1) is 0 Å². The third-order valence-corrected chi connectivity index (χ3v) is 7.87. The third kappa shape index (κ3) is 3.11. The van der Waals surface area contributed by atoms with E-state index in [0.29, 0.717) is 16.9 Å². The SMILES string of the molecule is Cc1ccc(S(=O)(=O)n2cc(C3=CCN4CCC[C@@H]4C3)c3cc(F)ccc32)cc1. The van der Waals surface area contributed by atoms with Crippen LogP contribution in [0.4, 0.5) is 4.39 Å². The van der Waals surface area contributed by atoms with E-state index in [1.807, 2.05) is 6.92 Å². The predicted octanol–water partition coefficient (Wildman–Crippen LogP) is 4.58. The van der Waals surface area contributed by atoms with Crippen molar-refractivity contribution in [2.24, 2.45) is 0 Å². The van der Waals surface area contributed by atoms with Crippen molar-refractivity contribution in [3.05, 3.63) is 71.7 Å². The summed E-state index contributed by atoms with van der Waals surface area (Å²) in [7, 11) is -3.77. The molecule has 1 atom stereocenters. The Morgan fingerprint density at radius 1 is 1.10 bits per heavy atom. The lowest BCUT2D eigenvalue weighted by atomic mass is 9.94. The molecule has 0 unspecified atom stereocenters. The number of rotatable bonds is 3. The summed E-state index contributed by atoms with van der Waals surface area (Å²) in [5.74, 6) is -0.358. The molecule has 0 spiro atoms. The van der Waals surface area contributed by atoms with E-state index in [4.69, 9.17) is 0 Å². The number of fused-ring (bicyclic) bond motifs is 2. The van der Waals surface area contributed by atoms with E-state index in [-0.39, 0.29) is 10.7 Å². The molecule has 0 amide bonds. The smallest absolute Gasteiger partial charge is 0.268 e. The van der Waals surface area contributed by atoms with Crippen molar-refractivity contribution in [2.75, 3.05) is 13.1 Å². The van der Waals surface area contributed by atoms with Crippen molar-refractivity contribution >= 4 is 26.5 Å². The van der Waals surface area contributed by atoms with Crippen LogP contribution in [-0.2, 0) is 10.0 Å². The molecule has 150 valence electrons. The van der Waals surface area contributed by atoms with Crippen molar-refractivity contribution in [1.29, 1.82) is 0 Å². The quantitative estimate of drug-likeness (QED) is 0.635. The molecule has 0 radical (unpaired) electrons. The Morgan fingerprint density at radius 3 is 2.69 bits per heavy atom. The third-order valence-electron chi connectivity index (χ3n) is 6.18. The van der Waals surface area contributed by atoms with Gasteiger partial charge in [-0.3, -0.25) is 4.90 Å². The van der Waals surface area contributed by atoms with E-state index < -0.39 is 10.0 Å². The number of benzene rings is 2.